The lowest BCUT2D eigenvalue weighted by Gasteiger charge is -1.97. The Kier molecular flexibility index (Phi) is 6.55. The highest BCUT2D eigenvalue weighted by atomic mass is 127. The molecule has 15 heavy (non-hydrogen) atoms. The van der Waals surface area contributed by atoms with Gasteiger partial charge >= 0.3 is 5.97 Å². The highest BCUT2D eigenvalue weighted by Crippen LogP contribution is 1.98. The minimum Gasteiger partial charge on any atom is -1.00 e. The molecule has 0 spiro atoms. The van der Waals surface area contributed by atoms with E-state index in [4.69, 9.17) is 0 Å². The van der Waals surface area contributed by atoms with E-state index in [0.717, 1.165) is 13.0 Å². The molecule has 0 aliphatic rings. The van der Waals surface area contributed by atoms with E-state index in [2.05, 4.69) is 16.2 Å². The van der Waals surface area contributed by atoms with Gasteiger partial charge in [0.1, 0.15) is 11.9 Å². The number of aryl methyl sites for hydroxylation is 3. The number of carbonyl (C=O) groups is 1. The summed E-state index contributed by atoms with van der Waals surface area (Å²) in [5, 5.41) is 0. The van der Waals surface area contributed by atoms with E-state index in [1.807, 2.05) is 24.1 Å². The summed E-state index contributed by atoms with van der Waals surface area (Å²) in [6.07, 6.45) is 5.24. The second-order valence-electron chi connectivity index (χ2n) is 3.26. The fraction of sp³-hybridized carbons (Fsp3) is 0.600. The van der Waals surface area contributed by atoms with Crippen LogP contribution >= 0.6 is 0 Å². The third-order valence-electron chi connectivity index (χ3n) is 2.20. The predicted octanol–water partition coefficient (Wildman–Crippen LogP) is -2.56. The Labute approximate surface area is 107 Å². The van der Waals surface area contributed by atoms with Crippen LogP contribution in [0.3, 0.4) is 0 Å². The Morgan fingerprint density at radius 1 is 1.60 bits per heavy atom. The Hall–Kier alpha value is -0.590. The minimum absolute atomic E-state index is 0. The summed E-state index contributed by atoms with van der Waals surface area (Å²) in [5.41, 5.74) is 1.17. The van der Waals surface area contributed by atoms with Crippen molar-refractivity contribution in [3.05, 3.63) is 18.2 Å². The first-order chi connectivity index (χ1) is 6.67. The lowest BCUT2D eigenvalue weighted by molar-refractivity contribution is -0.700. The van der Waals surface area contributed by atoms with Crippen LogP contribution in [0.25, 0.3) is 0 Å². The zero-order valence-electron chi connectivity index (χ0n) is 9.36. The van der Waals surface area contributed by atoms with Gasteiger partial charge in [-0.15, -0.1) is 0 Å². The fourth-order valence-electron chi connectivity index (χ4n) is 1.46. The van der Waals surface area contributed by atoms with Crippen molar-refractivity contribution in [3.63, 3.8) is 0 Å². The summed E-state index contributed by atoms with van der Waals surface area (Å²) < 4.78 is 8.72. The quantitative estimate of drug-likeness (QED) is 0.347. The molecule has 4 nitrogen and oxygen atoms in total. The number of carbonyl (C=O) groups excluding carboxylic acids is 1. The van der Waals surface area contributed by atoms with Crippen LogP contribution in [-0.4, -0.2) is 17.6 Å². The third kappa shape index (κ3) is 4.19. The SMILES string of the molecule is CC[n+]1cn(C)cc1CCC(=O)OC.[I-]. The van der Waals surface area contributed by atoms with Crippen molar-refractivity contribution < 1.29 is 38.1 Å². The van der Waals surface area contributed by atoms with Gasteiger partial charge in [-0.05, 0) is 6.92 Å². The number of hydrogen-bond acceptors (Lipinski definition) is 2. The maximum atomic E-state index is 11.0. The van der Waals surface area contributed by atoms with Gasteiger partial charge in [-0.2, -0.15) is 0 Å². The first-order valence-electron chi connectivity index (χ1n) is 4.78. The van der Waals surface area contributed by atoms with E-state index in [0.29, 0.717) is 6.42 Å². The van der Waals surface area contributed by atoms with Gasteiger partial charge < -0.3 is 28.7 Å². The highest BCUT2D eigenvalue weighted by Gasteiger charge is 2.11. The lowest BCUT2D eigenvalue weighted by Crippen LogP contribution is -3.00. The highest BCUT2D eigenvalue weighted by molar-refractivity contribution is 5.69. The van der Waals surface area contributed by atoms with Crippen molar-refractivity contribution >= 4 is 5.97 Å². The van der Waals surface area contributed by atoms with Gasteiger partial charge in [-0.1, -0.05) is 0 Å². The van der Waals surface area contributed by atoms with Crippen molar-refractivity contribution in [2.75, 3.05) is 7.11 Å². The van der Waals surface area contributed by atoms with Gasteiger partial charge in [0.15, 0.2) is 0 Å². The molecular formula is C10H17IN2O2. The van der Waals surface area contributed by atoms with Crippen LogP contribution in [0.1, 0.15) is 19.0 Å². The third-order valence-corrected chi connectivity index (χ3v) is 2.20. The van der Waals surface area contributed by atoms with E-state index in [1.165, 1.54) is 12.8 Å². The molecule has 0 bridgehead atoms. The molecule has 1 heterocycles. The average molecular weight is 324 g/mol. The normalized spacial score (nSPS) is 9.53. The fourth-order valence-corrected chi connectivity index (χ4v) is 1.46. The van der Waals surface area contributed by atoms with Gasteiger partial charge in [0.25, 0.3) is 0 Å². The zero-order valence-corrected chi connectivity index (χ0v) is 11.5. The van der Waals surface area contributed by atoms with Crippen molar-refractivity contribution in [3.8, 4) is 0 Å². The maximum absolute atomic E-state index is 11.0. The standard InChI is InChI=1S/C10H17N2O2.HI/c1-4-12-8-11(2)7-9(12)5-6-10(13)14-3;/h7-8H,4-6H2,1-3H3;1H/q+1;/p-1. The smallest absolute Gasteiger partial charge is 0.305 e. The van der Waals surface area contributed by atoms with Gasteiger partial charge in [-0.25, -0.2) is 9.13 Å². The van der Waals surface area contributed by atoms with Gasteiger partial charge in [0.05, 0.1) is 27.1 Å². The molecule has 1 aromatic heterocycles. The summed E-state index contributed by atoms with van der Waals surface area (Å²) >= 11 is 0. The number of hydrogen-bond donors (Lipinski definition) is 0. The minimum atomic E-state index is -0.156. The molecule has 5 heteroatoms. The monoisotopic (exact) mass is 324 g/mol. The first kappa shape index (κ1) is 14.4. The van der Waals surface area contributed by atoms with Crippen LogP contribution in [-0.2, 0) is 29.5 Å². The van der Waals surface area contributed by atoms with E-state index >= 15 is 0 Å². The van der Waals surface area contributed by atoms with Crippen LogP contribution in [0.5, 0.6) is 0 Å². The molecule has 0 unspecified atom stereocenters. The van der Waals surface area contributed by atoms with Gasteiger partial charge in [-0.3, -0.25) is 4.79 Å². The summed E-state index contributed by atoms with van der Waals surface area (Å²) in [7, 11) is 3.40. The second-order valence-corrected chi connectivity index (χ2v) is 3.26. The molecule has 0 aromatic carbocycles. The molecule has 1 rings (SSSR count). The van der Waals surface area contributed by atoms with Crippen LogP contribution in [0, 0.1) is 0 Å². The summed E-state index contributed by atoms with van der Waals surface area (Å²) in [5.74, 6) is -0.156. The Morgan fingerprint density at radius 3 is 2.80 bits per heavy atom. The average Bonchev–Trinajstić information content (AvgIpc) is 2.55. The predicted molar refractivity (Wildman–Crippen MR) is 51.6 cm³/mol. The molecule has 1 aromatic rings. The van der Waals surface area contributed by atoms with E-state index in [1.54, 1.807) is 0 Å². The summed E-state index contributed by atoms with van der Waals surface area (Å²) in [6, 6.07) is 0. The number of methoxy groups -OCH3 is 1. The van der Waals surface area contributed by atoms with Crippen LogP contribution in [0.2, 0.25) is 0 Å². The number of esters is 1. The van der Waals surface area contributed by atoms with Crippen LogP contribution in [0.4, 0.5) is 0 Å². The van der Waals surface area contributed by atoms with Crippen molar-refractivity contribution in [1.29, 1.82) is 0 Å². The van der Waals surface area contributed by atoms with E-state index < -0.39 is 0 Å². The Bertz CT molecular complexity index is 323. The molecule has 0 saturated heterocycles. The molecule has 86 valence electrons. The number of aromatic nitrogens is 2. The topological polar surface area (TPSA) is 35.1 Å². The number of ether oxygens (including phenoxy) is 1. The maximum Gasteiger partial charge on any atom is 0.305 e. The lowest BCUT2D eigenvalue weighted by atomic mass is 10.2. The number of imidazole rings is 1. The number of rotatable bonds is 4. The molecule has 0 amide bonds. The van der Waals surface area contributed by atoms with Crippen LogP contribution in [0.15, 0.2) is 12.5 Å². The van der Waals surface area contributed by atoms with Crippen molar-refractivity contribution in [2.24, 2.45) is 7.05 Å². The Balaban J connectivity index is 0.00000196. The molecular weight excluding hydrogens is 307 g/mol. The molecule has 0 fully saturated rings. The van der Waals surface area contributed by atoms with E-state index in [-0.39, 0.29) is 29.9 Å². The summed E-state index contributed by atoms with van der Waals surface area (Å²) in [4.78, 5) is 11.0. The summed E-state index contributed by atoms with van der Waals surface area (Å²) in [6.45, 7) is 3.01. The molecule has 0 radical (unpaired) electrons. The molecule has 0 saturated carbocycles. The van der Waals surface area contributed by atoms with E-state index in [9.17, 15) is 4.79 Å². The number of halogens is 1. The van der Waals surface area contributed by atoms with Gasteiger partial charge in [0.2, 0.25) is 6.33 Å². The molecule has 0 N–H and O–H groups in total. The number of nitrogens with zero attached hydrogens (tertiary/aromatic N) is 2. The molecule has 0 aliphatic heterocycles. The molecule has 0 aliphatic carbocycles. The largest absolute Gasteiger partial charge is 1.00 e. The van der Waals surface area contributed by atoms with Gasteiger partial charge in [0, 0.05) is 6.42 Å². The zero-order chi connectivity index (χ0) is 10.6. The van der Waals surface area contributed by atoms with Crippen molar-refractivity contribution in [2.45, 2.75) is 26.3 Å². The second kappa shape index (κ2) is 6.81. The van der Waals surface area contributed by atoms with Crippen molar-refractivity contribution in [1.82, 2.24) is 4.57 Å². The van der Waals surface area contributed by atoms with Crippen LogP contribution < -0.4 is 28.5 Å². The Morgan fingerprint density at radius 2 is 2.27 bits per heavy atom. The first-order valence-corrected chi connectivity index (χ1v) is 4.78. The molecule has 0 atom stereocenters.